The number of hydrogen-bond donors (Lipinski definition) is 0. The van der Waals surface area contributed by atoms with E-state index in [9.17, 15) is 0 Å². The summed E-state index contributed by atoms with van der Waals surface area (Å²) < 4.78 is 0. The summed E-state index contributed by atoms with van der Waals surface area (Å²) in [5, 5.41) is 0. The fraction of sp³-hybridized carbons (Fsp3) is 1.00. The minimum Gasteiger partial charge on any atom is -0.0651 e. The molecule has 0 N–H and O–H groups in total. The van der Waals surface area contributed by atoms with Gasteiger partial charge in [-0.25, -0.2) is 0 Å². The molecule has 0 heterocycles. The van der Waals surface area contributed by atoms with Crippen LogP contribution in [0.25, 0.3) is 0 Å². The second-order valence-electron chi connectivity index (χ2n) is 4.84. The Morgan fingerprint density at radius 2 is 2.00 bits per heavy atom. The van der Waals surface area contributed by atoms with E-state index in [1.54, 1.807) is 0 Å². The number of hydrogen-bond acceptors (Lipinski definition) is 0. The SMILES string of the molecule is CCC1CCCC(C)(C)C1C. The highest BCUT2D eigenvalue weighted by molar-refractivity contribution is 4.84. The summed E-state index contributed by atoms with van der Waals surface area (Å²) in [6.45, 7) is 9.63. The molecule has 0 spiro atoms. The van der Waals surface area contributed by atoms with Crippen LogP contribution in [0, 0.1) is 17.3 Å². The fourth-order valence-corrected chi connectivity index (χ4v) is 2.49. The monoisotopic (exact) mass is 154 g/mol. The van der Waals surface area contributed by atoms with Crippen molar-refractivity contribution in [2.75, 3.05) is 0 Å². The average molecular weight is 154 g/mol. The molecule has 0 radical (unpaired) electrons. The molecule has 1 saturated carbocycles. The molecule has 0 heteroatoms. The molecule has 0 nitrogen and oxygen atoms in total. The molecule has 11 heavy (non-hydrogen) atoms. The molecule has 0 aromatic carbocycles. The molecular weight excluding hydrogens is 132 g/mol. The van der Waals surface area contributed by atoms with Crippen molar-refractivity contribution in [3.63, 3.8) is 0 Å². The Labute approximate surface area is 71.4 Å². The predicted octanol–water partition coefficient (Wildman–Crippen LogP) is 3.86. The van der Waals surface area contributed by atoms with Crippen LogP contribution < -0.4 is 0 Å². The summed E-state index contributed by atoms with van der Waals surface area (Å²) in [5.41, 5.74) is 0.610. The van der Waals surface area contributed by atoms with Crippen LogP contribution in [0.3, 0.4) is 0 Å². The van der Waals surface area contributed by atoms with Gasteiger partial charge in [0.05, 0.1) is 0 Å². The first kappa shape index (κ1) is 9.09. The van der Waals surface area contributed by atoms with Gasteiger partial charge in [-0.3, -0.25) is 0 Å². The molecule has 0 aromatic heterocycles. The first-order valence-electron chi connectivity index (χ1n) is 5.08. The molecule has 1 rings (SSSR count). The lowest BCUT2D eigenvalue weighted by Crippen LogP contribution is -2.32. The molecule has 1 aliphatic carbocycles. The van der Waals surface area contributed by atoms with Gasteiger partial charge in [-0.1, -0.05) is 47.0 Å². The molecule has 2 unspecified atom stereocenters. The maximum absolute atomic E-state index is 2.44. The van der Waals surface area contributed by atoms with Gasteiger partial charge in [0.1, 0.15) is 0 Å². The fourth-order valence-electron chi connectivity index (χ4n) is 2.49. The standard InChI is InChI=1S/C11H22/c1-5-10-7-6-8-11(3,4)9(10)2/h9-10H,5-8H2,1-4H3. The molecular formula is C11H22. The molecule has 0 bridgehead atoms. The van der Waals surface area contributed by atoms with Crippen LogP contribution in [-0.4, -0.2) is 0 Å². The number of rotatable bonds is 1. The van der Waals surface area contributed by atoms with E-state index in [2.05, 4.69) is 27.7 Å². The lowest BCUT2D eigenvalue weighted by atomic mass is 9.64. The van der Waals surface area contributed by atoms with Crippen LogP contribution in [0.4, 0.5) is 0 Å². The minimum absolute atomic E-state index is 0.610. The van der Waals surface area contributed by atoms with Gasteiger partial charge < -0.3 is 0 Å². The van der Waals surface area contributed by atoms with Gasteiger partial charge in [-0.2, -0.15) is 0 Å². The summed E-state index contributed by atoms with van der Waals surface area (Å²) in [6, 6.07) is 0. The van der Waals surface area contributed by atoms with E-state index >= 15 is 0 Å². The van der Waals surface area contributed by atoms with Gasteiger partial charge in [0.2, 0.25) is 0 Å². The highest BCUT2D eigenvalue weighted by Crippen LogP contribution is 2.44. The zero-order chi connectivity index (χ0) is 8.48. The lowest BCUT2D eigenvalue weighted by molar-refractivity contribution is 0.0870. The van der Waals surface area contributed by atoms with Gasteiger partial charge in [0.15, 0.2) is 0 Å². The van der Waals surface area contributed by atoms with Crippen molar-refractivity contribution in [1.82, 2.24) is 0 Å². The first-order chi connectivity index (χ1) is 5.08. The molecule has 2 atom stereocenters. The third-order valence-electron chi connectivity index (χ3n) is 3.86. The molecule has 66 valence electrons. The summed E-state index contributed by atoms with van der Waals surface area (Å²) >= 11 is 0. The lowest BCUT2D eigenvalue weighted by Gasteiger charge is -2.42. The Balaban J connectivity index is 2.60. The Morgan fingerprint density at radius 3 is 2.45 bits per heavy atom. The van der Waals surface area contributed by atoms with Crippen LogP contribution >= 0.6 is 0 Å². The van der Waals surface area contributed by atoms with E-state index in [-0.39, 0.29) is 0 Å². The van der Waals surface area contributed by atoms with Crippen molar-refractivity contribution < 1.29 is 0 Å². The molecule has 0 saturated heterocycles. The quantitative estimate of drug-likeness (QED) is 0.538. The second-order valence-corrected chi connectivity index (χ2v) is 4.84. The molecule has 0 aromatic rings. The van der Waals surface area contributed by atoms with Crippen molar-refractivity contribution in [1.29, 1.82) is 0 Å². The predicted molar refractivity (Wildman–Crippen MR) is 50.6 cm³/mol. The van der Waals surface area contributed by atoms with E-state index in [1.165, 1.54) is 25.7 Å². The van der Waals surface area contributed by atoms with Crippen LogP contribution in [0.15, 0.2) is 0 Å². The van der Waals surface area contributed by atoms with Gasteiger partial charge in [0, 0.05) is 0 Å². The van der Waals surface area contributed by atoms with Crippen LogP contribution in [0.5, 0.6) is 0 Å². The third kappa shape index (κ3) is 1.77. The second kappa shape index (κ2) is 3.16. The molecule has 0 amide bonds. The van der Waals surface area contributed by atoms with Gasteiger partial charge in [-0.15, -0.1) is 0 Å². The van der Waals surface area contributed by atoms with Crippen molar-refractivity contribution in [3.8, 4) is 0 Å². The maximum atomic E-state index is 2.44. The average Bonchev–Trinajstić information content (AvgIpc) is 1.95. The Hall–Kier alpha value is 0. The summed E-state index contributed by atoms with van der Waals surface area (Å²) in [7, 11) is 0. The third-order valence-corrected chi connectivity index (χ3v) is 3.86. The van der Waals surface area contributed by atoms with Crippen molar-refractivity contribution in [3.05, 3.63) is 0 Å². The maximum Gasteiger partial charge on any atom is -0.0326 e. The van der Waals surface area contributed by atoms with Gasteiger partial charge in [-0.05, 0) is 23.7 Å². The van der Waals surface area contributed by atoms with Crippen LogP contribution in [-0.2, 0) is 0 Å². The highest BCUT2D eigenvalue weighted by Gasteiger charge is 2.34. The largest absolute Gasteiger partial charge is 0.0651 e. The van der Waals surface area contributed by atoms with E-state index in [0.29, 0.717) is 5.41 Å². The van der Waals surface area contributed by atoms with Gasteiger partial charge in [0.25, 0.3) is 0 Å². The van der Waals surface area contributed by atoms with Crippen molar-refractivity contribution in [2.45, 2.75) is 53.4 Å². The van der Waals surface area contributed by atoms with E-state index in [4.69, 9.17) is 0 Å². The summed E-state index contributed by atoms with van der Waals surface area (Å²) in [5.74, 6) is 1.93. The zero-order valence-corrected chi connectivity index (χ0v) is 8.48. The molecule has 1 fully saturated rings. The normalized spacial score (nSPS) is 37.1. The van der Waals surface area contributed by atoms with E-state index < -0.39 is 0 Å². The molecule has 1 aliphatic rings. The Kier molecular flexibility index (Phi) is 2.61. The first-order valence-corrected chi connectivity index (χ1v) is 5.08. The molecule has 0 aliphatic heterocycles. The van der Waals surface area contributed by atoms with Crippen molar-refractivity contribution in [2.24, 2.45) is 17.3 Å². The topological polar surface area (TPSA) is 0 Å². The summed E-state index contributed by atoms with van der Waals surface area (Å²) in [6.07, 6.45) is 5.74. The summed E-state index contributed by atoms with van der Waals surface area (Å²) in [4.78, 5) is 0. The zero-order valence-electron chi connectivity index (χ0n) is 8.48. The van der Waals surface area contributed by atoms with Crippen molar-refractivity contribution >= 4 is 0 Å². The van der Waals surface area contributed by atoms with E-state index in [0.717, 1.165) is 11.8 Å². The van der Waals surface area contributed by atoms with E-state index in [1.807, 2.05) is 0 Å². The Morgan fingerprint density at radius 1 is 1.36 bits per heavy atom. The Bertz CT molecular complexity index is 124. The van der Waals surface area contributed by atoms with Gasteiger partial charge >= 0.3 is 0 Å². The van der Waals surface area contributed by atoms with Crippen LogP contribution in [0.2, 0.25) is 0 Å². The highest BCUT2D eigenvalue weighted by atomic mass is 14.4. The minimum atomic E-state index is 0.610. The smallest absolute Gasteiger partial charge is 0.0326 e. The van der Waals surface area contributed by atoms with Crippen LogP contribution in [0.1, 0.15) is 53.4 Å².